The zero-order valence-corrected chi connectivity index (χ0v) is 23.1. The van der Waals surface area contributed by atoms with Crippen LogP contribution in [-0.2, 0) is 4.74 Å². The first-order chi connectivity index (χ1) is 15.2. The van der Waals surface area contributed by atoms with E-state index in [1.807, 2.05) is 12.1 Å². The van der Waals surface area contributed by atoms with Gasteiger partial charge in [-0.1, -0.05) is 62.6 Å². The number of aliphatic imine (C=N–C) groups is 1. The quantitative estimate of drug-likeness (QED) is 0.140. The van der Waals surface area contributed by atoms with E-state index in [0.717, 1.165) is 24.4 Å². The number of hydrogen-bond donors (Lipinski definition) is 1. The second-order valence-corrected chi connectivity index (χ2v) is 6.52. The summed E-state index contributed by atoms with van der Waals surface area (Å²) in [6.07, 6.45) is 1.36. The van der Waals surface area contributed by atoms with Crippen LogP contribution in [0.2, 0.25) is 0 Å². The maximum absolute atomic E-state index is 11.5. The number of Topliss-reactive ketones (excluding diaryl/α,β-unsaturated/α-hetero) is 1. The number of carbonyl (C=O) groups is 1. The Labute approximate surface area is 242 Å². The first-order valence-corrected chi connectivity index (χ1v) is 10.3. The van der Waals surface area contributed by atoms with Crippen LogP contribution in [0.25, 0.3) is 20.9 Å². The average Bonchev–Trinajstić information content (AvgIpc) is 3.36. The van der Waals surface area contributed by atoms with Crippen molar-refractivity contribution in [2.75, 3.05) is 25.6 Å². The topological polar surface area (TPSA) is 186 Å². The first-order valence-electron chi connectivity index (χ1n) is 9.19. The van der Waals surface area contributed by atoms with E-state index in [1.54, 1.807) is 36.4 Å². The number of carbonyl (C=O) groups excluding carboxylic acids is 1. The van der Waals surface area contributed by atoms with Gasteiger partial charge in [0.05, 0.1) is 6.54 Å². The monoisotopic (exact) mass is 543 g/mol. The van der Waals surface area contributed by atoms with Gasteiger partial charge in [-0.2, -0.15) is 0 Å². The summed E-state index contributed by atoms with van der Waals surface area (Å²) in [6.45, 7) is 1.36. The smallest absolute Gasteiger partial charge is 0.870 e. The van der Waals surface area contributed by atoms with Crippen molar-refractivity contribution in [1.82, 2.24) is 0 Å². The first kappa shape index (κ1) is 33.4. The van der Waals surface area contributed by atoms with Gasteiger partial charge in [0.1, 0.15) is 6.61 Å². The normalized spacial score (nSPS) is 10.5. The van der Waals surface area contributed by atoms with Crippen LogP contribution in [0.4, 0.5) is 11.4 Å². The van der Waals surface area contributed by atoms with Gasteiger partial charge in [0, 0.05) is 51.2 Å². The molecule has 0 atom stereocenters. The van der Waals surface area contributed by atoms with E-state index >= 15 is 0 Å². The van der Waals surface area contributed by atoms with Gasteiger partial charge in [-0.25, -0.2) is 4.99 Å². The van der Waals surface area contributed by atoms with E-state index in [2.05, 4.69) is 41.0 Å². The third-order valence-electron chi connectivity index (χ3n) is 3.75. The van der Waals surface area contributed by atoms with E-state index in [4.69, 9.17) is 20.9 Å². The third-order valence-corrected chi connectivity index (χ3v) is 4.31. The SMILES string of the molecule is CO.[K+].[N-]=[N+]=Nc1ccc(C(=O)CCCBr)cc1.[N-]=[N+]=Nc1ccc(C2=NCCO2)cc1.[OH-]. The second-order valence-electron chi connectivity index (χ2n) is 5.72. The minimum absolute atomic E-state index is 0. The van der Waals surface area contributed by atoms with Gasteiger partial charge >= 0.3 is 51.4 Å². The molecule has 0 bridgehead atoms. The molecular formula is C20H23BrKN7O4. The number of benzene rings is 2. The fourth-order valence-corrected chi connectivity index (χ4v) is 2.65. The van der Waals surface area contributed by atoms with Crippen LogP contribution in [0.5, 0.6) is 0 Å². The van der Waals surface area contributed by atoms with Crippen LogP contribution in [0, 0.1) is 0 Å². The summed E-state index contributed by atoms with van der Waals surface area (Å²) >= 11 is 3.28. The molecule has 170 valence electrons. The molecule has 11 nitrogen and oxygen atoms in total. The number of ether oxygens (including phenoxy) is 1. The van der Waals surface area contributed by atoms with Crippen molar-refractivity contribution < 1.29 is 71.5 Å². The van der Waals surface area contributed by atoms with Gasteiger partial charge in [0.2, 0.25) is 5.90 Å². The fraction of sp³-hybridized carbons (Fsp3) is 0.300. The maximum atomic E-state index is 11.5. The zero-order valence-electron chi connectivity index (χ0n) is 18.4. The number of aliphatic hydroxyl groups is 1. The van der Waals surface area contributed by atoms with Crippen LogP contribution in [-0.4, -0.2) is 47.9 Å². The number of aliphatic hydroxyl groups excluding tert-OH is 1. The van der Waals surface area contributed by atoms with Gasteiger partial charge in [-0.3, -0.25) is 4.79 Å². The van der Waals surface area contributed by atoms with Crippen LogP contribution < -0.4 is 51.4 Å². The number of alkyl halides is 1. The van der Waals surface area contributed by atoms with Gasteiger partial charge in [0.15, 0.2) is 5.78 Å². The molecule has 2 N–H and O–H groups in total. The third kappa shape index (κ3) is 12.9. The number of azide groups is 2. The Bertz CT molecular complexity index is 959. The van der Waals surface area contributed by atoms with Gasteiger partial charge in [-0.15, -0.1) is 0 Å². The molecule has 1 aliphatic rings. The Balaban J connectivity index is 0. The molecule has 0 amide bonds. The zero-order chi connectivity index (χ0) is 22.9. The Morgan fingerprint density at radius 3 is 2.00 bits per heavy atom. The Morgan fingerprint density at radius 2 is 1.58 bits per heavy atom. The summed E-state index contributed by atoms with van der Waals surface area (Å²) in [6, 6.07) is 13.8. The summed E-state index contributed by atoms with van der Waals surface area (Å²) in [4.78, 5) is 21.1. The van der Waals surface area contributed by atoms with Crippen molar-refractivity contribution >= 4 is 39.0 Å². The van der Waals surface area contributed by atoms with E-state index < -0.39 is 0 Å². The molecule has 0 radical (unpaired) electrons. The second kappa shape index (κ2) is 20.8. The molecular weight excluding hydrogens is 521 g/mol. The molecule has 0 fully saturated rings. The van der Waals surface area contributed by atoms with Crippen molar-refractivity contribution in [1.29, 1.82) is 0 Å². The van der Waals surface area contributed by atoms with Gasteiger partial charge in [-0.05, 0) is 29.6 Å². The summed E-state index contributed by atoms with van der Waals surface area (Å²) in [5.74, 6) is 0.777. The average molecular weight is 544 g/mol. The Hall–Kier alpha value is -1.76. The number of ketones is 1. The van der Waals surface area contributed by atoms with Crippen molar-refractivity contribution in [3.8, 4) is 0 Å². The predicted octanol–water partition coefficient (Wildman–Crippen LogP) is 2.83. The molecule has 0 aromatic heterocycles. The Kier molecular flexibility index (Phi) is 21.1. The number of hydrogen-bond acceptors (Lipinski definition) is 7. The van der Waals surface area contributed by atoms with Crippen molar-refractivity contribution in [2.45, 2.75) is 12.8 Å². The molecule has 0 spiro atoms. The molecule has 1 aliphatic heterocycles. The van der Waals surface area contributed by atoms with E-state index in [9.17, 15) is 4.79 Å². The fourth-order valence-electron chi connectivity index (χ4n) is 2.37. The molecule has 3 rings (SSSR count). The van der Waals surface area contributed by atoms with E-state index in [1.165, 1.54) is 0 Å². The van der Waals surface area contributed by atoms with E-state index in [0.29, 0.717) is 42.4 Å². The minimum Gasteiger partial charge on any atom is -0.870 e. The van der Waals surface area contributed by atoms with Crippen LogP contribution in [0.1, 0.15) is 28.8 Å². The predicted molar refractivity (Wildman–Crippen MR) is 125 cm³/mol. The summed E-state index contributed by atoms with van der Waals surface area (Å²) in [5, 5.41) is 14.7. The van der Waals surface area contributed by atoms with Crippen LogP contribution >= 0.6 is 15.9 Å². The molecule has 13 heteroatoms. The Morgan fingerprint density at radius 1 is 1.06 bits per heavy atom. The molecule has 0 aliphatic carbocycles. The van der Waals surface area contributed by atoms with Crippen molar-refractivity contribution in [3.63, 3.8) is 0 Å². The largest absolute Gasteiger partial charge is 1.00 e. The molecule has 2 aromatic rings. The van der Waals surface area contributed by atoms with Gasteiger partial charge < -0.3 is 15.3 Å². The molecule has 0 saturated carbocycles. The minimum atomic E-state index is 0. The summed E-state index contributed by atoms with van der Waals surface area (Å²) < 4.78 is 5.29. The van der Waals surface area contributed by atoms with Gasteiger partial charge in [0.25, 0.3) is 0 Å². The molecule has 33 heavy (non-hydrogen) atoms. The standard InChI is InChI=1S/C10H10BrN3O.C9H8N4O.CH4O.K.H2O/c11-7-1-2-10(15)8-3-5-9(6-4-8)13-14-12;10-13-12-8-3-1-7(2-4-8)9-11-5-6-14-9;1-2;;/h3-6H,1-2,7H2;1-4H,5-6H2;2H,1H3;;1H2/q;;;+1;/p-1. The number of rotatable bonds is 7. The molecule has 0 unspecified atom stereocenters. The van der Waals surface area contributed by atoms with Crippen LogP contribution in [0.3, 0.4) is 0 Å². The summed E-state index contributed by atoms with van der Waals surface area (Å²) in [7, 11) is 1.00. The van der Waals surface area contributed by atoms with Crippen molar-refractivity contribution in [2.24, 2.45) is 15.2 Å². The van der Waals surface area contributed by atoms with Crippen molar-refractivity contribution in [3.05, 3.63) is 80.5 Å². The molecule has 2 aromatic carbocycles. The molecule has 0 saturated heterocycles. The number of halogens is 1. The number of nitrogens with zero attached hydrogens (tertiary/aromatic N) is 7. The van der Waals surface area contributed by atoms with Crippen LogP contribution in [0.15, 0.2) is 63.8 Å². The summed E-state index contributed by atoms with van der Waals surface area (Å²) in [5.41, 5.74) is 19.1. The van der Waals surface area contributed by atoms with E-state index in [-0.39, 0.29) is 62.6 Å². The molecule has 1 heterocycles. The maximum Gasteiger partial charge on any atom is 1.00 e.